The van der Waals surface area contributed by atoms with Crippen LogP contribution >= 0.6 is 27.3 Å². The molecule has 1 aromatic heterocycles. The van der Waals surface area contributed by atoms with Gasteiger partial charge in [0.1, 0.15) is 0 Å². The monoisotopic (exact) mass is 274 g/mol. The van der Waals surface area contributed by atoms with Gasteiger partial charge >= 0.3 is 0 Å². The molecule has 0 radical (unpaired) electrons. The fraction of sp³-hybridized carbons (Fsp3) is 0.667. The lowest BCUT2D eigenvalue weighted by atomic mass is 9.82. The third-order valence-corrected chi connectivity index (χ3v) is 3.56. The van der Waals surface area contributed by atoms with Gasteiger partial charge in [-0.3, -0.25) is 0 Å². The van der Waals surface area contributed by atoms with E-state index in [1.165, 1.54) is 24.8 Å². The molecule has 14 heavy (non-hydrogen) atoms. The number of aryl methyl sites for hydroxylation is 1. The molecule has 0 N–H and O–H groups in total. The number of hydrogen-bond acceptors (Lipinski definition) is 1. The van der Waals surface area contributed by atoms with Crippen molar-refractivity contribution in [3.8, 4) is 0 Å². The van der Waals surface area contributed by atoms with Gasteiger partial charge in [0, 0.05) is 4.83 Å². The molecule has 0 nitrogen and oxygen atoms in total. The maximum absolute atomic E-state index is 3.63. The van der Waals surface area contributed by atoms with Crippen LogP contribution < -0.4 is 0 Å². The summed E-state index contributed by atoms with van der Waals surface area (Å²) in [5, 5.41) is 4.42. The molecule has 1 unspecified atom stereocenters. The van der Waals surface area contributed by atoms with Crippen LogP contribution in [0, 0.1) is 5.41 Å². The Bertz CT molecular complexity index is 249. The molecule has 0 aliphatic heterocycles. The molecule has 2 heteroatoms. The standard InChI is InChI=1S/C12H19BrS/c1-10(13)8-12(2,3)6-4-11-5-7-14-9-11/h5,7,9-10H,4,6,8H2,1-3H3. The average Bonchev–Trinajstić information content (AvgIpc) is 2.50. The highest BCUT2D eigenvalue weighted by Crippen LogP contribution is 2.30. The van der Waals surface area contributed by atoms with Crippen molar-refractivity contribution in [1.29, 1.82) is 0 Å². The minimum Gasteiger partial charge on any atom is -0.152 e. The summed E-state index contributed by atoms with van der Waals surface area (Å²) in [6.45, 7) is 6.95. The van der Waals surface area contributed by atoms with E-state index in [0.717, 1.165) is 0 Å². The van der Waals surface area contributed by atoms with Crippen molar-refractivity contribution in [1.82, 2.24) is 0 Å². The summed E-state index contributed by atoms with van der Waals surface area (Å²) < 4.78 is 0. The summed E-state index contributed by atoms with van der Waals surface area (Å²) in [7, 11) is 0. The van der Waals surface area contributed by atoms with Gasteiger partial charge in [0.15, 0.2) is 0 Å². The lowest BCUT2D eigenvalue weighted by molar-refractivity contribution is 0.310. The van der Waals surface area contributed by atoms with Crippen LogP contribution in [0.2, 0.25) is 0 Å². The van der Waals surface area contributed by atoms with E-state index in [1.54, 1.807) is 11.3 Å². The van der Waals surface area contributed by atoms with Crippen molar-refractivity contribution < 1.29 is 0 Å². The van der Waals surface area contributed by atoms with Gasteiger partial charge in [0.2, 0.25) is 0 Å². The van der Waals surface area contributed by atoms with Crippen molar-refractivity contribution in [3.63, 3.8) is 0 Å². The fourth-order valence-electron chi connectivity index (χ4n) is 1.78. The van der Waals surface area contributed by atoms with E-state index < -0.39 is 0 Å². The second-order valence-corrected chi connectivity index (χ2v) is 7.12. The van der Waals surface area contributed by atoms with Crippen LogP contribution in [-0.2, 0) is 6.42 Å². The maximum Gasteiger partial charge on any atom is 0.0122 e. The Hall–Kier alpha value is 0.180. The minimum absolute atomic E-state index is 0.449. The van der Waals surface area contributed by atoms with Crippen LogP contribution in [0.4, 0.5) is 0 Å². The van der Waals surface area contributed by atoms with Gasteiger partial charge in [-0.25, -0.2) is 0 Å². The van der Waals surface area contributed by atoms with Crippen molar-refractivity contribution in [2.75, 3.05) is 0 Å². The quantitative estimate of drug-likeness (QED) is 0.672. The largest absolute Gasteiger partial charge is 0.152 e. The van der Waals surface area contributed by atoms with Gasteiger partial charge in [0.05, 0.1) is 0 Å². The SMILES string of the molecule is CC(Br)CC(C)(C)CCc1ccsc1. The highest BCUT2D eigenvalue weighted by molar-refractivity contribution is 9.09. The first kappa shape index (κ1) is 12.3. The Labute approximate surface area is 99.9 Å². The third-order valence-electron chi connectivity index (χ3n) is 2.50. The zero-order chi connectivity index (χ0) is 10.6. The number of thiophene rings is 1. The molecule has 0 aliphatic rings. The molecule has 0 amide bonds. The average molecular weight is 275 g/mol. The highest BCUT2D eigenvalue weighted by Gasteiger charge is 2.19. The summed E-state index contributed by atoms with van der Waals surface area (Å²) in [6, 6.07) is 2.23. The summed E-state index contributed by atoms with van der Waals surface area (Å²) >= 11 is 5.43. The second kappa shape index (κ2) is 5.32. The van der Waals surface area contributed by atoms with Gasteiger partial charge < -0.3 is 0 Å². The molecule has 1 heterocycles. The Balaban J connectivity index is 2.36. The summed E-state index contributed by atoms with van der Waals surface area (Å²) in [5.41, 5.74) is 1.94. The van der Waals surface area contributed by atoms with Crippen LogP contribution in [0.5, 0.6) is 0 Å². The first-order valence-corrected chi connectivity index (χ1v) is 7.01. The lowest BCUT2D eigenvalue weighted by Crippen LogP contribution is -2.16. The van der Waals surface area contributed by atoms with Gasteiger partial charge in [0.25, 0.3) is 0 Å². The summed E-state index contributed by atoms with van der Waals surface area (Å²) in [4.78, 5) is 0.625. The predicted molar refractivity (Wildman–Crippen MR) is 69.4 cm³/mol. The zero-order valence-corrected chi connectivity index (χ0v) is 11.6. The molecular weight excluding hydrogens is 256 g/mol. The molecule has 0 fully saturated rings. The first-order chi connectivity index (χ1) is 6.49. The number of halogens is 1. The van der Waals surface area contributed by atoms with Gasteiger partial charge in [-0.05, 0) is 47.1 Å². The number of rotatable bonds is 5. The molecule has 0 aliphatic carbocycles. The molecule has 1 rings (SSSR count). The molecule has 1 aromatic rings. The normalized spacial score (nSPS) is 14.3. The van der Waals surface area contributed by atoms with E-state index in [4.69, 9.17) is 0 Å². The van der Waals surface area contributed by atoms with E-state index in [0.29, 0.717) is 10.2 Å². The lowest BCUT2D eigenvalue weighted by Gasteiger charge is -2.25. The van der Waals surface area contributed by atoms with Crippen molar-refractivity contribution in [2.45, 2.75) is 44.9 Å². The fourth-order valence-corrected chi connectivity index (χ4v) is 3.36. The molecule has 80 valence electrons. The minimum atomic E-state index is 0.449. The number of alkyl halides is 1. The van der Waals surface area contributed by atoms with Crippen molar-refractivity contribution in [2.24, 2.45) is 5.41 Å². The van der Waals surface area contributed by atoms with E-state index in [9.17, 15) is 0 Å². The third kappa shape index (κ3) is 4.61. The van der Waals surface area contributed by atoms with Crippen LogP contribution in [0.15, 0.2) is 16.8 Å². The summed E-state index contributed by atoms with van der Waals surface area (Å²) in [6.07, 6.45) is 3.74. The molecule has 0 saturated carbocycles. The molecule has 0 saturated heterocycles. The van der Waals surface area contributed by atoms with Crippen LogP contribution in [0.1, 0.15) is 39.2 Å². The molecule has 0 spiro atoms. The first-order valence-electron chi connectivity index (χ1n) is 5.15. The molecular formula is C12H19BrS. The zero-order valence-electron chi connectivity index (χ0n) is 9.22. The Morgan fingerprint density at radius 1 is 1.50 bits per heavy atom. The topological polar surface area (TPSA) is 0 Å². The van der Waals surface area contributed by atoms with Crippen molar-refractivity contribution in [3.05, 3.63) is 22.4 Å². The van der Waals surface area contributed by atoms with E-state index >= 15 is 0 Å². The van der Waals surface area contributed by atoms with Crippen LogP contribution in [0.3, 0.4) is 0 Å². The Kier molecular flexibility index (Phi) is 4.65. The van der Waals surface area contributed by atoms with E-state index in [-0.39, 0.29) is 0 Å². The van der Waals surface area contributed by atoms with Gasteiger partial charge in [-0.2, -0.15) is 11.3 Å². The Morgan fingerprint density at radius 2 is 2.21 bits per heavy atom. The van der Waals surface area contributed by atoms with E-state index in [1.807, 2.05) is 0 Å². The van der Waals surface area contributed by atoms with Crippen LogP contribution in [-0.4, -0.2) is 4.83 Å². The highest BCUT2D eigenvalue weighted by atomic mass is 79.9. The maximum atomic E-state index is 3.63. The molecule has 0 aromatic carbocycles. The van der Waals surface area contributed by atoms with Crippen LogP contribution in [0.25, 0.3) is 0 Å². The van der Waals surface area contributed by atoms with Gasteiger partial charge in [-0.15, -0.1) is 0 Å². The molecule has 0 bridgehead atoms. The second-order valence-electron chi connectivity index (χ2n) is 4.78. The molecule has 1 atom stereocenters. The smallest absolute Gasteiger partial charge is 0.0122 e. The van der Waals surface area contributed by atoms with Crippen molar-refractivity contribution >= 4 is 27.3 Å². The number of hydrogen-bond donors (Lipinski definition) is 0. The van der Waals surface area contributed by atoms with Gasteiger partial charge in [-0.1, -0.05) is 36.7 Å². The summed E-state index contributed by atoms with van der Waals surface area (Å²) in [5.74, 6) is 0. The Morgan fingerprint density at radius 3 is 2.71 bits per heavy atom. The predicted octanol–water partition coefficient (Wildman–Crippen LogP) is 4.88. The van der Waals surface area contributed by atoms with E-state index in [2.05, 4.69) is 53.5 Å².